The summed E-state index contributed by atoms with van der Waals surface area (Å²) in [5.74, 6) is 3.18. The van der Waals surface area contributed by atoms with Crippen molar-refractivity contribution in [1.82, 2.24) is 0 Å². The minimum absolute atomic E-state index is 0.0312. The molecule has 1 aliphatic carbocycles. The van der Waals surface area contributed by atoms with Crippen molar-refractivity contribution in [2.45, 2.75) is 25.3 Å². The van der Waals surface area contributed by atoms with Gasteiger partial charge in [-0.05, 0) is 18.8 Å². The average Bonchev–Trinajstić information content (AvgIpc) is 1.62. The summed E-state index contributed by atoms with van der Waals surface area (Å²) < 4.78 is 0. The van der Waals surface area contributed by atoms with E-state index in [2.05, 4.69) is 5.92 Å². The zero-order chi connectivity index (χ0) is 5.98. The van der Waals surface area contributed by atoms with Crippen molar-refractivity contribution < 1.29 is 0 Å². The zero-order valence-corrected chi connectivity index (χ0v) is 4.93. The van der Waals surface area contributed by atoms with Gasteiger partial charge in [0, 0.05) is 0 Å². The first-order valence-corrected chi connectivity index (χ1v) is 3.06. The molecule has 0 aromatic carbocycles. The molecule has 1 saturated carbocycles. The van der Waals surface area contributed by atoms with E-state index >= 15 is 0 Å². The summed E-state index contributed by atoms with van der Waals surface area (Å²) >= 11 is 0. The lowest BCUT2D eigenvalue weighted by Crippen LogP contribution is -2.32. The van der Waals surface area contributed by atoms with E-state index in [1.54, 1.807) is 0 Å². The lowest BCUT2D eigenvalue weighted by atomic mass is 9.80. The maximum absolute atomic E-state index is 5.54. The molecule has 0 saturated heterocycles. The minimum atomic E-state index is 0.0312. The number of rotatable bonds is 1. The molecule has 0 amide bonds. The smallest absolute Gasteiger partial charge is 0.0690 e. The van der Waals surface area contributed by atoms with Gasteiger partial charge in [-0.3, -0.25) is 0 Å². The van der Waals surface area contributed by atoms with E-state index in [1.165, 1.54) is 19.3 Å². The van der Waals surface area contributed by atoms with Crippen molar-refractivity contribution in [2.24, 2.45) is 11.7 Å². The van der Waals surface area contributed by atoms with Gasteiger partial charge in [-0.2, -0.15) is 0 Å². The van der Waals surface area contributed by atoms with Gasteiger partial charge < -0.3 is 5.73 Å². The molecule has 1 atom stereocenters. The first-order chi connectivity index (χ1) is 3.84. The molecule has 8 heavy (non-hydrogen) atoms. The molecule has 0 radical (unpaired) electrons. The lowest BCUT2D eigenvalue weighted by Gasteiger charge is -2.27. The fourth-order valence-electron chi connectivity index (χ4n) is 0.935. The van der Waals surface area contributed by atoms with Crippen molar-refractivity contribution in [3.05, 3.63) is 0 Å². The van der Waals surface area contributed by atoms with Crippen LogP contribution in [-0.2, 0) is 0 Å². The summed E-state index contributed by atoms with van der Waals surface area (Å²) in [6.07, 6.45) is 8.91. The summed E-state index contributed by atoms with van der Waals surface area (Å²) in [5.41, 5.74) is 5.54. The van der Waals surface area contributed by atoms with Gasteiger partial charge >= 0.3 is 0 Å². The molecule has 1 aliphatic rings. The molecule has 0 unspecified atom stereocenters. The van der Waals surface area contributed by atoms with E-state index in [-0.39, 0.29) is 6.04 Å². The third-order valence-corrected chi connectivity index (χ3v) is 1.85. The van der Waals surface area contributed by atoms with Gasteiger partial charge in [-0.15, -0.1) is 6.42 Å². The monoisotopic (exact) mass is 109 g/mol. The Morgan fingerprint density at radius 1 is 1.62 bits per heavy atom. The Kier molecular flexibility index (Phi) is 1.55. The Morgan fingerprint density at radius 2 is 2.25 bits per heavy atom. The van der Waals surface area contributed by atoms with Gasteiger partial charge in [-0.1, -0.05) is 12.3 Å². The molecule has 44 valence electrons. The second-order valence-electron chi connectivity index (χ2n) is 2.38. The highest BCUT2D eigenvalue weighted by atomic mass is 14.6. The Hall–Kier alpha value is -0.480. The second-order valence-corrected chi connectivity index (χ2v) is 2.38. The first kappa shape index (κ1) is 5.65. The van der Waals surface area contributed by atoms with E-state index in [4.69, 9.17) is 12.2 Å². The summed E-state index contributed by atoms with van der Waals surface area (Å²) in [5, 5.41) is 0. The first-order valence-electron chi connectivity index (χ1n) is 3.06. The zero-order valence-electron chi connectivity index (χ0n) is 4.93. The molecule has 1 heteroatoms. The van der Waals surface area contributed by atoms with Crippen molar-refractivity contribution in [3.63, 3.8) is 0 Å². The van der Waals surface area contributed by atoms with Crippen LogP contribution in [0.25, 0.3) is 0 Å². The number of hydrogen-bond acceptors (Lipinski definition) is 1. The van der Waals surface area contributed by atoms with Gasteiger partial charge in [-0.25, -0.2) is 0 Å². The van der Waals surface area contributed by atoms with Crippen molar-refractivity contribution in [3.8, 4) is 12.3 Å². The molecule has 0 bridgehead atoms. The Balaban J connectivity index is 2.26. The lowest BCUT2D eigenvalue weighted by molar-refractivity contribution is 0.294. The normalized spacial score (nSPS) is 23.5. The van der Waals surface area contributed by atoms with Gasteiger partial charge in [0.25, 0.3) is 0 Å². The Bertz CT molecular complexity index is 108. The van der Waals surface area contributed by atoms with Crippen LogP contribution in [0.5, 0.6) is 0 Å². The quantitative estimate of drug-likeness (QED) is 0.494. The van der Waals surface area contributed by atoms with E-state index in [1.807, 2.05) is 0 Å². The van der Waals surface area contributed by atoms with Crippen LogP contribution in [0.4, 0.5) is 0 Å². The molecule has 1 fully saturated rings. The van der Waals surface area contributed by atoms with Crippen LogP contribution in [0.3, 0.4) is 0 Å². The third-order valence-electron chi connectivity index (χ3n) is 1.85. The van der Waals surface area contributed by atoms with Gasteiger partial charge in [0.2, 0.25) is 0 Å². The van der Waals surface area contributed by atoms with E-state index in [9.17, 15) is 0 Å². The molecular weight excluding hydrogens is 98.1 g/mol. The molecule has 0 heterocycles. The molecular formula is C7H11N. The van der Waals surface area contributed by atoms with Crippen LogP contribution in [0, 0.1) is 18.3 Å². The molecule has 2 N–H and O–H groups in total. The standard InChI is InChI=1S/C7H11N/c1-2-7(8)6-4-3-5-6/h1,6-7H,3-5,8H2/t7-/m1/s1. The second kappa shape index (κ2) is 2.19. The van der Waals surface area contributed by atoms with Gasteiger partial charge in [0.05, 0.1) is 6.04 Å². The number of terminal acetylenes is 1. The average molecular weight is 109 g/mol. The van der Waals surface area contributed by atoms with Crippen molar-refractivity contribution in [1.29, 1.82) is 0 Å². The fourth-order valence-corrected chi connectivity index (χ4v) is 0.935. The fraction of sp³-hybridized carbons (Fsp3) is 0.714. The summed E-state index contributed by atoms with van der Waals surface area (Å²) in [7, 11) is 0. The van der Waals surface area contributed by atoms with Crippen molar-refractivity contribution in [2.75, 3.05) is 0 Å². The van der Waals surface area contributed by atoms with Crippen LogP contribution in [-0.4, -0.2) is 6.04 Å². The number of nitrogens with two attached hydrogens (primary N) is 1. The third kappa shape index (κ3) is 0.850. The Labute approximate surface area is 50.3 Å². The molecule has 1 nitrogen and oxygen atoms in total. The molecule has 0 aromatic rings. The molecule has 0 aromatic heterocycles. The van der Waals surface area contributed by atoms with E-state index in [0.717, 1.165) is 0 Å². The highest BCUT2D eigenvalue weighted by Gasteiger charge is 2.22. The molecule has 1 rings (SSSR count). The van der Waals surface area contributed by atoms with Crippen LogP contribution >= 0.6 is 0 Å². The summed E-state index contributed by atoms with van der Waals surface area (Å²) in [6.45, 7) is 0. The van der Waals surface area contributed by atoms with Gasteiger partial charge in [0.15, 0.2) is 0 Å². The van der Waals surface area contributed by atoms with Crippen LogP contribution in [0.2, 0.25) is 0 Å². The predicted octanol–water partition coefficient (Wildman–Crippen LogP) is 0.747. The summed E-state index contributed by atoms with van der Waals surface area (Å²) in [4.78, 5) is 0. The maximum atomic E-state index is 5.54. The minimum Gasteiger partial charge on any atom is -0.317 e. The molecule has 0 spiro atoms. The molecule has 0 aliphatic heterocycles. The summed E-state index contributed by atoms with van der Waals surface area (Å²) in [6, 6.07) is 0.0312. The number of hydrogen-bond donors (Lipinski definition) is 1. The van der Waals surface area contributed by atoms with Crippen LogP contribution < -0.4 is 5.73 Å². The largest absolute Gasteiger partial charge is 0.317 e. The van der Waals surface area contributed by atoms with Crippen LogP contribution in [0.15, 0.2) is 0 Å². The highest BCUT2D eigenvalue weighted by molar-refractivity contribution is 5.02. The predicted molar refractivity (Wildman–Crippen MR) is 34.1 cm³/mol. The maximum Gasteiger partial charge on any atom is 0.0690 e. The van der Waals surface area contributed by atoms with E-state index < -0.39 is 0 Å². The van der Waals surface area contributed by atoms with Crippen LogP contribution in [0.1, 0.15) is 19.3 Å². The SMILES string of the molecule is C#C[C@@H](N)C1CCC1. The Morgan fingerprint density at radius 3 is 2.38 bits per heavy atom. The topological polar surface area (TPSA) is 26.0 Å². The van der Waals surface area contributed by atoms with Gasteiger partial charge in [0.1, 0.15) is 0 Å². The van der Waals surface area contributed by atoms with E-state index in [0.29, 0.717) is 5.92 Å². The van der Waals surface area contributed by atoms with Crippen molar-refractivity contribution >= 4 is 0 Å². The highest BCUT2D eigenvalue weighted by Crippen LogP contribution is 2.27.